The summed E-state index contributed by atoms with van der Waals surface area (Å²) in [7, 11) is 0. The predicted molar refractivity (Wildman–Crippen MR) is 63.3 cm³/mol. The molecule has 1 N–H and O–H groups in total. The number of ether oxygens (including phenoxy) is 1. The lowest BCUT2D eigenvalue weighted by atomic mass is 9.89. The molecule has 80 valence electrons. The van der Waals surface area contributed by atoms with Gasteiger partial charge in [0.15, 0.2) is 0 Å². The van der Waals surface area contributed by atoms with Crippen LogP contribution in [0.3, 0.4) is 0 Å². The molecule has 2 aliphatic rings. The van der Waals surface area contributed by atoms with Crippen molar-refractivity contribution in [1.82, 2.24) is 5.32 Å². The van der Waals surface area contributed by atoms with Crippen LogP contribution in [0, 0.1) is 0 Å². The van der Waals surface area contributed by atoms with E-state index >= 15 is 0 Å². The Morgan fingerprint density at radius 2 is 2.33 bits per heavy atom. The molecule has 15 heavy (non-hydrogen) atoms. The minimum absolute atomic E-state index is 0.0430. The Bertz CT molecular complexity index is 385. The first-order chi connectivity index (χ1) is 7.27. The van der Waals surface area contributed by atoms with Gasteiger partial charge in [-0.1, -0.05) is 15.9 Å². The third kappa shape index (κ3) is 1.68. The molecule has 0 saturated carbocycles. The molecular weight excluding hydrogens is 254 g/mol. The maximum Gasteiger partial charge on any atom is 0.126 e. The van der Waals surface area contributed by atoms with Crippen LogP contribution in [0.15, 0.2) is 22.7 Å². The third-order valence-corrected chi connectivity index (χ3v) is 3.79. The quantitative estimate of drug-likeness (QED) is 0.780. The second-order valence-corrected chi connectivity index (χ2v) is 5.41. The number of halogens is 1. The van der Waals surface area contributed by atoms with Gasteiger partial charge in [-0.05, 0) is 43.1 Å². The zero-order valence-electron chi connectivity index (χ0n) is 8.55. The van der Waals surface area contributed by atoms with Crippen LogP contribution in [-0.4, -0.2) is 18.7 Å². The fourth-order valence-electron chi connectivity index (χ4n) is 2.58. The molecule has 3 rings (SSSR count). The Kier molecular flexibility index (Phi) is 2.25. The summed E-state index contributed by atoms with van der Waals surface area (Å²) in [6.07, 6.45) is 3.44. The van der Waals surface area contributed by atoms with Crippen molar-refractivity contribution in [2.24, 2.45) is 0 Å². The highest BCUT2D eigenvalue weighted by molar-refractivity contribution is 9.10. The molecule has 2 aliphatic heterocycles. The van der Waals surface area contributed by atoms with Crippen LogP contribution in [0.5, 0.6) is 5.75 Å². The first-order valence-electron chi connectivity index (χ1n) is 5.46. The van der Waals surface area contributed by atoms with Gasteiger partial charge in [0.25, 0.3) is 0 Å². The zero-order chi connectivity index (χ0) is 10.3. The molecule has 0 aromatic heterocycles. The van der Waals surface area contributed by atoms with E-state index < -0.39 is 0 Å². The van der Waals surface area contributed by atoms with E-state index in [4.69, 9.17) is 4.74 Å². The SMILES string of the molecule is Brc1ccc2c(c1)CC1(CCCNC1)O2. The number of piperidine rings is 1. The second-order valence-electron chi connectivity index (χ2n) is 4.49. The molecule has 1 aromatic carbocycles. The van der Waals surface area contributed by atoms with Crippen molar-refractivity contribution in [3.05, 3.63) is 28.2 Å². The Morgan fingerprint density at radius 3 is 3.13 bits per heavy atom. The molecule has 2 nitrogen and oxygen atoms in total. The van der Waals surface area contributed by atoms with Gasteiger partial charge < -0.3 is 10.1 Å². The minimum Gasteiger partial charge on any atom is -0.485 e. The van der Waals surface area contributed by atoms with Gasteiger partial charge in [0.1, 0.15) is 11.4 Å². The van der Waals surface area contributed by atoms with E-state index in [0.29, 0.717) is 0 Å². The molecule has 0 aliphatic carbocycles. The van der Waals surface area contributed by atoms with Gasteiger partial charge in [-0.15, -0.1) is 0 Å². The van der Waals surface area contributed by atoms with Crippen LogP contribution >= 0.6 is 15.9 Å². The van der Waals surface area contributed by atoms with Crippen LogP contribution in [0.2, 0.25) is 0 Å². The van der Waals surface area contributed by atoms with Gasteiger partial charge in [0.05, 0.1) is 0 Å². The van der Waals surface area contributed by atoms with Crippen LogP contribution in [-0.2, 0) is 6.42 Å². The molecular formula is C12H14BrNO. The van der Waals surface area contributed by atoms with Crippen molar-refractivity contribution in [1.29, 1.82) is 0 Å². The van der Waals surface area contributed by atoms with Crippen molar-refractivity contribution in [3.8, 4) is 5.75 Å². The number of rotatable bonds is 0. The number of hydrogen-bond donors (Lipinski definition) is 1. The summed E-state index contributed by atoms with van der Waals surface area (Å²) < 4.78 is 7.25. The Labute approximate surface area is 98.1 Å². The van der Waals surface area contributed by atoms with Gasteiger partial charge in [-0.2, -0.15) is 0 Å². The normalized spacial score (nSPS) is 28.9. The molecule has 0 amide bonds. The molecule has 3 heteroatoms. The van der Waals surface area contributed by atoms with E-state index in [2.05, 4.69) is 33.4 Å². The van der Waals surface area contributed by atoms with Gasteiger partial charge >= 0.3 is 0 Å². The van der Waals surface area contributed by atoms with E-state index in [9.17, 15) is 0 Å². The summed E-state index contributed by atoms with van der Waals surface area (Å²) in [6, 6.07) is 6.30. The molecule has 0 radical (unpaired) electrons. The fourth-order valence-corrected chi connectivity index (χ4v) is 2.99. The van der Waals surface area contributed by atoms with Crippen LogP contribution in [0.1, 0.15) is 18.4 Å². The van der Waals surface area contributed by atoms with Crippen molar-refractivity contribution < 1.29 is 4.74 Å². The highest BCUT2D eigenvalue weighted by atomic mass is 79.9. The molecule has 1 aromatic rings. The molecule has 1 fully saturated rings. The zero-order valence-corrected chi connectivity index (χ0v) is 10.1. The average molecular weight is 268 g/mol. The topological polar surface area (TPSA) is 21.3 Å². The van der Waals surface area contributed by atoms with Gasteiger partial charge in [0, 0.05) is 17.4 Å². The molecule has 1 spiro atoms. The smallest absolute Gasteiger partial charge is 0.126 e. The van der Waals surface area contributed by atoms with Crippen LogP contribution in [0.4, 0.5) is 0 Å². The molecule has 1 atom stereocenters. The lowest BCUT2D eigenvalue weighted by molar-refractivity contribution is 0.0660. The van der Waals surface area contributed by atoms with E-state index in [0.717, 1.165) is 29.7 Å². The average Bonchev–Trinajstić information content (AvgIpc) is 2.56. The first-order valence-corrected chi connectivity index (χ1v) is 6.25. The van der Waals surface area contributed by atoms with Crippen LogP contribution in [0.25, 0.3) is 0 Å². The van der Waals surface area contributed by atoms with Crippen molar-refractivity contribution >= 4 is 15.9 Å². The fraction of sp³-hybridized carbons (Fsp3) is 0.500. The summed E-state index contributed by atoms with van der Waals surface area (Å²) in [5, 5.41) is 3.43. The van der Waals surface area contributed by atoms with Gasteiger partial charge in [-0.3, -0.25) is 0 Å². The molecule has 1 unspecified atom stereocenters. The van der Waals surface area contributed by atoms with Crippen LogP contribution < -0.4 is 10.1 Å². The summed E-state index contributed by atoms with van der Waals surface area (Å²) in [4.78, 5) is 0. The van der Waals surface area contributed by atoms with E-state index in [1.165, 1.54) is 18.4 Å². The number of nitrogens with one attached hydrogen (secondary N) is 1. The molecule has 1 saturated heterocycles. The summed E-state index contributed by atoms with van der Waals surface area (Å²) in [5.74, 6) is 1.07. The van der Waals surface area contributed by atoms with E-state index in [1.807, 2.05) is 6.07 Å². The highest BCUT2D eigenvalue weighted by Crippen LogP contribution is 2.39. The molecule has 0 bridgehead atoms. The Morgan fingerprint density at radius 1 is 1.40 bits per heavy atom. The predicted octanol–water partition coefficient (Wildman–Crippen LogP) is 2.51. The van der Waals surface area contributed by atoms with E-state index in [-0.39, 0.29) is 5.60 Å². The van der Waals surface area contributed by atoms with E-state index in [1.54, 1.807) is 0 Å². The summed E-state index contributed by atoms with van der Waals surface area (Å²) in [6.45, 7) is 2.12. The molecule has 2 heterocycles. The maximum absolute atomic E-state index is 6.11. The largest absolute Gasteiger partial charge is 0.485 e. The summed E-state index contributed by atoms with van der Waals surface area (Å²) >= 11 is 3.51. The van der Waals surface area contributed by atoms with Gasteiger partial charge in [0.2, 0.25) is 0 Å². The number of benzene rings is 1. The lowest BCUT2D eigenvalue weighted by Crippen LogP contribution is -2.49. The third-order valence-electron chi connectivity index (χ3n) is 3.29. The number of hydrogen-bond acceptors (Lipinski definition) is 2. The number of fused-ring (bicyclic) bond motifs is 1. The minimum atomic E-state index is 0.0430. The Hall–Kier alpha value is -0.540. The maximum atomic E-state index is 6.11. The highest BCUT2D eigenvalue weighted by Gasteiger charge is 2.40. The van der Waals surface area contributed by atoms with Crippen molar-refractivity contribution in [2.45, 2.75) is 24.9 Å². The Balaban J connectivity index is 1.90. The first kappa shape index (κ1) is 9.67. The second kappa shape index (κ2) is 3.49. The van der Waals surface area contributed by atoms with Crippen molar-refractivity contribution in [2.75, 3.05) is 13.1 Å². The summed E-state index contributed by atoms with van der Waals surface area (Å²) in [5.41, 5.74) is 1.38. The standard InChI is InChI=1S/C12H14BrNO/c13-10-2-3-11-9(6-10)7-12(15-11)4-1-5-14-8-12/h2-3,6,14H,1,4-5,7-8H2. The monoisotopic (exact) mass is 267 g/mol. The van der Waals surface area contributed by atoms with Crippen molar-refractivity contribution in [3.63, 3.8) is 0 Å². The van der Waals surface area contributed by atoms with Gasteiger partial charge in [-0.25, -0.2) is 0 Å². The lowest BCUT2D eigenvalue weighted by Gasteiger charge is -2.33.